The summed E-state index contributed by atoms with van der Waals surface area (Å²) in [5.74, 6) is -3.27. The second kappa shape index (κ2) is 13.3. The summed E-state index contributed by atoms with van der Waals surface area (Å²) in [4.78, 5) is 53.3. The number of ether oxygens (including phenoxy) is 1. The number of amides is 2. The molecule has 2 aliphatic rings. The molecular formula is C33H42N2O6. The highest BCUT2D eigenvalue weighted by Gasteiger charge is 2.45. The molecule has 1 fully saturated rings. The van der Waals surface area contributed by atoms with E-state index in [1.807, 2.05) is 51.1 Å². The van der Waals surface area contributed by atoms with Gasteiger partial charge in [-0.25, -0.2) is 0 Å². The van der Waals surface area contributed by atoms with Gasteiger partial charge in [0.15, 0.2) is 0 Å². The van der Waals surface area contributed by atoms with Crippen molar-refractivity contribution in [3.63, 3.8) is 0 Å². The van der Waals surface area contributed by atoms with Crippen molar-refractivity contribution >= 4 is 29.4 Å². The Morgan fingerprint density at radius 2 is 1.66 bits per heavy atom. The molecule has 4 atom stereocenters. The number of hydrogen-bond acceptors (Lipinski definition) is 5. The monoisotopic (exact) mass is 562 g/mol. The summed E-state index contributed by atoms with van der Waals surface area (Å²) in [6, 6.07) is 16.7. The standard InChI is InChI=1S/C33H42N2O6/c1-33(2,3)41-32(40)26-20-23(14-8-7-13-22-11-5-4-6-12-22)19-25(26)30(38)34-27-18-17-24-15-9-10-16-28(24)35(31(27)39)21-29(36)37/h4-6,9-12,15-16,23,25-27H,7-8,13-14,17-21H2,1-3H3,(H,34,38)(H,36,37). The molecule has 2 amide bonds. The van der Waals surface area contributed by atoms with E-state index in [0.717, 1.165) is 31.2 Å². The number of nitrogens with zero attached hydrogens (tertiary/aromatic N) is 1. The van der Waals surface area contributed by atoms with Crippen LogP contribution in [0.1, 0.15) is 70.4 Å². The first-order chi connectivity index (χ1) is 19.5. The molecule has 8 heteroatoms. The third-order valence-electron chi connectivity index (χ3n) is 8.04. The van der Waals surface area contributed by atoms with Gasteiger partial charge in [0.1, 0.15) is 18.2 Å². The lowest BCUT2D eigenvalue weighted by molar-refractivity contribution is -0.163. The number of para-hydroxylation sites is 1. The summed E-state index contributed by atoms with van der Waals surface area (Å²) in [6.45, 7) is 4.95. The van der Waals surface area contributed by atoms with Gasteiger partial charge in [0.25, 0.3) is 0 Å². The molecule has 0 saturated heterocycles. The molecule has 2 aromatic carbocycles. The van der Waals surface area contributed by atoms with Gasteiger partial charge in [-0.15, -0.1) is 0 Å². The van der Waals surface area contributed by atoms with Gasteiger partial charge < -0.3 is 15.2 Å². The lowest BCUT2D eigenvalue weighted by Crippen LogP contribution is -2.51. The average Bonchev–Trinajstić information content (AvgIpc) is 3.31. The molecule has 1 saturated carbocycles. The second-order valence-corrected chi connectivity index (χ2v) is 12.4. The summed E-state index contributed by atoms with van der Waals surface area (Å²) in [6.07, 6.45) is 5.95. The van der Waals surface area contributed by atoms with Crippen LogP contribution in [0.2, 0.25) is 0 Å². The Balaban J connectivity index is 1.44. The summed E-state index contributed by atoms with van der Waals surface area (Å²) < 4.78 is 5.71. The predicted octanol–water partition coefficient (Wildman–Crippen LogP) is 4.93. The molecule has 4 unspecified atom stereocenters. The van der Waals surface area contributed by atoms with Crippen LogP contribution >= 0.6 is 0 Å². The lowest BCUT2D eigenvalue weighted by Gasteiger charge is -2.27. The molecule has 0 radical (unpaired) electrons. The number of nitrogens with one attached hydrogen (secondary N) is 1. The van der Waals surface area contributed by atoms with Crippen LogP contribution in [0.25, 0.3) is 0 Å². The molecule has 0 spiro atoms. The number of carboxylic acids is 1. The van der Waals surface area contributed by atoms with Crippen molar-refractivity contribution in [1.82, 2.24) is 5.32 Å². The van der Waals surface area contributed by atoms with E-state index in [4.69, 9.17) is 4.74 Å². The Morgan fingerprint density at radius 3 is 2.37 bits per heavy atom. The highest BCUT2D eigenvalue weighted by atomic mass is 16.6. The van der Waals surface area contributed by atoms with Crippen LogP contribution in [0.3, 0.4) is 0 Å². The summed E-state index contributed by atoms with van der Waals surface area (Å²) in [7, 11) is 0. The largest absolute Gasteiger partial charge is 0.480 e. The summed E-state index contributed by atoms with van der Waals surface area (Å²) >= 11 is 0. The second-order valence-electron chi connectivity index (χ2n) is 12.4. The van der Waals surface area contributed by atoms with E-state index in [2.05, 4.69) is 17.4 Å². The van der Waals surface area contributed by atoms with E-state index in [-0.39, 0.29) is 17.8 Å². The number of aliphatic carboxylic acids is 1. The van der Waals surface area contributed by atoms with Crippen LogP contribution in [-0.2, 0) is 36.8 Å². The third kappa shape index (κ3) is 8.18. The number of hydrogen-bond donors (Lipinski definition) is 2. The van der Waals surface area contributed by atoms with Gasteiger partial charge in [-0.2, -0.15) is 0 Å². The fourth-order valence-corrected chi connectivity index (χ4v) is 6.14. The van der Waals surface area contributed by atoms with Gasteiger partial charge >= 0.3 is 11.9 Å². The fraction of sp³-hybridized carbons (Fsp3) is 0.515. The average molecular weight is 563 g/mol. The van der Waals surface area contributed by atoms with Crippen LogP contribution < -0.4 is 10.2 Å². The SMILES string of the molecule is CC(C)(C)OC(=O)C1CC(CCCCc2ccccc2)CC1C(=O)NC1CCc2ccccc2N(CC(=O)O)C1=O. The molecule has 8 nitrogen and oxygen atoms in total. The van der Waals surface area contributed by atoms with Crippen molar-refractivity contribution in [2.75, 3.05) is 11.4 Å². The van der Waals surface area contributed by atoms with Crippen LogP contribution in [0, 0.1) is 17.8 Å². The Bertz CT molecular complexity index is 1240. The van der Waals surface area contributed by atoms with Gasteiger partial charge in [0, 0.05) is 5.69 Å². The van der Waals surface area contributed by atoms with Crippen molar-refractivity contribution in [2.24, 2.45) is 17.8 Å². The molecule has 1 heterocycles. The number of carbonyl (C=O) groups excluding carboxylic acids is 3. The molecule has 220 valence electrons. The minimum atomic E-state index is -1.13. The zero-order valence-corrected chi connectivity index (χ0v) is 24.3. The summed E-state index contributed by atoms with van der Waals surface area (Å²) in [5.41, 5.74) is 2.04. The predicted molar refractivity (Wildman–Crippen MR) is 156 cm³/mol. The van der Waals surface area contributed by atoms with Crippen LogP contribution in [-0.4, -0.2) is 47.0 Å². The Hall–Kier alpha value is -3.68. The number of anilines is 1. The van der Waals surface area contributed by atoms with Gasteiger partial charge in [-0.3, -0.25) is 24.1 Å². The van der Waals surface area contributed by atoms with E-state index < -0.39 is 41.9 Å². The third-order valence-corrected chi connectivity index (χ3v) is 8.04. The molecule has 2 aromatic rings. The quantitative estimate of drug-likeness (QED) is 0.314. The highest BCUT2D eigenvalue weighted by molar-refractivity contribution is 6.03. The lowest BCUT2D eigenvalue weighted by atomic mass is 9.94. The Morgan fingerprint density at radius 1 is 0.976 bits per heavy atom. The number of unbranched alkanes of at least 4 members (excludes halogenated alkanes) is 1. The number of fused-ring (bicyclic) bond motifs is 1. The number of esters is 1. The maximum atomic E-state index is 13.7. The molecule has 1 aliphatic heterocycles. The first-order valence-corrected chi connectivity index (χ1v) is 14.7. The Kier molecular flexibility index (Phi) is 9.84. The van der Waals surface area contributed by atoms with Gasteiger partial charge in [-0.1, -0.05) is 61.4 Å². The summed E-state index contributed by atoms with van der Waals surface area (Å²) in [5, 5.41) is 12.4. The molecule has 0 bridgehead atoms. The van der Waals surface area contributed by atoms with E-state index in [9.17, 15) is 24.3 Å². The smallest absolute Gasteiger partial charge is 0.323 e. The van der Waals surface area contributed by atoms with Crippen molar-refractivity contribution in [3.05, 3.63) is 65.7 Å². The first kappa shape index (κ1) is 30.3. The molecule has 0 aromatic heterocycles. The zero-order chi connectivity index (χ0) is 29.6. The molecular weight excluding hydrogens is 520 g/mol. The molecule has 2 N–H and O–H groups in total. The van der Waals surface area contributed by atoms with Crippen molar-refractivity contribution in [3.8, 4) is 0 Å². The first-order valence-electron chi connectivity index (χ1n) is 14.7. The van der Waals surface area contributed by atoms with E-state index >= 15 is 0 Å². The minimum absolute atomic E-state index is 0.205. The Labute approximate surface area is 242 Å². The van der Waals surface area contributed by atoms with Crippen LogP contribution in [0.15, 0.2) is 54.6 Å². The van der Waals surface area contributed by atoms with Crippen molar-refractivity contribution in [1.29, 1.82) is 0 Å². The number of carbonyl (C=O) groups is 4. The number of benzene rings is 2. The minimum Gasteiger partial charge on any atom is -0.480 e. The number of carboxylic acid groups (broad SMARTS) is 1. The fourth-order valence-electron chi connectivity index (χ4n) is 6.14. The normalized spacial score (nSPS) is 22.5. The molecule has 41 heavy (non-hydrogen) atoms. The van der Waals surface area contributed by atoms with Gasteiger partial charge in [0.05, 0.1) is 11.8 Å². The maximum absolute atomic E-state index is 13.7. The van der Waals surface area contributed by atoms with E-state index in [1.165, 1.54) is 10.5 Å². The maximum Gasteiger partial charge on any atom is 0.323 e. The van der Waals surface area contributed by atoms with Crippen molar-refractivity contribution < 1.29 is 29.0 Å². The van der Waals surface area contributed by atoms with Crippen LogP contribution in [0.5, 0.6) is 0 Å². The van der Waals surface area contributed by atoms with Crippen LogP contribution in [0.4, 0.5) is 5.69 Å². The van der Waals surface area contributed by atoms with Gasteiger partial charge in [-0.05, 0) is 82.4 Å². The topological polar surface area (TPSA) is 113 Å². The van der Waals surface area contributed by atoms with E-state index in [1.54, 1.807) is 12.1 Å². The highest BCUT2D eigenvalue weighted by Crippen LogP contribution is 2.41. The van der Waals surface area contributed by atoms with E-state index in [0.29, 0.717) is 31.4 Å². The van der Waals surface area contributed by atoms with Gasteiger partial charge in [0.2, 0.25) is 11.8 Å². The van der Waals surface area contributed by atoms with Crippen molar-refractivity contribution in [2.45, 2.75) is 83.8 Å². The number of rotatable bonds is 10. The molecule has 4 rings (SSSR count). The zero-order valence-electron chi connectivity index (χ0n) is 24.3. The number of aryl methyl sites for hydroxylation is 2. The molecule has 1 aliphatic carbocycles.